The van der Waals surface area contributed by atoms with Crippen molar-refractivity contribution in [1.29, 1.82) is 0 Å². The van der Waals surface area contributed by atoms with Gasteiger partial charge in [0.1, 0.15) is 0 Å². The molecule has 0 aliphatic carbocycles. The highest BCUT2D eigenvalue weighted by molar-refractivity contribution is 7.89. The normalized spacial score (nSPS) is 11.2. The molecule has 7 heteroatoms. The van der Waals surface area contributed by atoms with Crippen LogP contribution < -0.4 is 15.8 Å². The topological polar surface area (TPSA) is 101 Å². The molecule has 1 amide bonds. The van der Waals surface area contributed by atoms with Crippen molar-refractivity contribution in [3.05, 3.63) is 35.9 Å². The van der Waals surface area contributed by atoms with Gasteiger partial charge < -0.3 is 10.6 Å². The number of amides is 1. The fourth-order valence-corrected chi connectivity index (χ4v) is 1.70. The Kier molecular flexibility index (Phi) is 5.76. The lowest BCUT2D eigenvalue weighted by molar-refractivity contribution is -0.120. The number of hydrogen-bond acceptors (Lipinski definition) is 4. The van der Waals surface area contributed by atoms with E-state index in [2.05, 4.69) is 10.6 Å². The highest BCUT2D eigenvalue weighted by Crippen LogP contribution is 1.96. The number of carbonyl (C=O) groups excluding carboxylic acids is 1. The van der Waals surface area contributed by atoms with Crippen LogP contribution in [0.3, 0.4) is 0 Å². The summed E-state index contributed by atoms with van der Waals surface area (Å²) in [5.41, 5.74) is 1.01. The van der Waals surface area contributed by atoms with Gasteiger partial charge in [-0.2, -0.15) is 0 Å². The summed E-state index contributed by atoms with van der Waals surface area (Å²) in [5, 5.41) is 10.2. The summed E-state index contributed by atoms with van der Waals surface area (Å²) in [6.07, 6.45) is 0. The largest absolute Gasteiger partial charge is 0.351 e. The van der Waals surface area contributed by atoms with Gasteiger partial charge in [-0.25, -0.2) is 13.6 Å². The third-order valence-corrected chi connectivity index (χ3v) is 2.95. The van der Waals surface area contributed by atoms with Gasteiger partial charge in [-0.1, -0.05) is 30.3 Å². The van der Waals surface area contributed by atoms with Crippen LogP contribution in [-0.4, -0.2) is 33.2 Å². The van der Waals surface area contributed by atoms with Crippen LogP contribution in [0.5, 0.6) is 0 Å². The van der Waals surface area contributed by atoms with E-state index >= 15 is 0 Å². The van der Waals surface area contributed by atoms with Gasteiger partial charge in [-0.3, -0.25) is 4.79 Å². The van der Waals surface area contributed by atoms with E-state index in [1.807, 2.05) is 30.3 Å². The van der Waals surface area contributed by atoms with E-state index in [4.69, 9.17) is 5.14 Å². The highest BCUT2D eigenvalue weighted by Gasteiger charge is 2.03. The summed E-state index contributed by atoms with van der Waals surface area (Å²) in [6.45, 7) is 0.691. The standard InChI is InChI=1S/C11H17N3O3S/c12-18(16,17)7-6-13-9-11(15)14-8-10-4-2-1-3-5-10/h1-5,13H,6-9H2,(H,14,15)(H2,12,16,17). The zero-order valence-electron chi connectivity index (χ0n) is 9.93. The predicted molar refractivity (Wildman–Crippen MR) is 69.1 cm³/mol. The molecule has 1 aromatic rings. The molecule has 0 saturated heterocycles. The van der Waals surface area contributed by atoms with Gasteiger partial charge in [-0.05, 0) is 5.56 Å². The fourth-order valence-electron chi connectivity index (χ4n) is 1.28. The molecule has 18 heavy (non-hydrogen) atoms. The molecule has 0 heterocycles. The lowest BCUT2D eigenvalue weighted by atomic mass is 10.2. The van der Waals surface area contributed by atoms with E-state index in [1.165, 1.54) is 0 Å². The number of nitrogens with two attached hydrogens (primary N) is 1. The van der Waals surface area contributed by atoms with Crippen LogP contribution in [0.2, 0.25) is 0 Å². The minimum Gasteiger partial charge on any atom is -0.351 e. The molecule has 6 nitrogen and oxygen atoms in total. The van der Waals surface area contributed by atoms with Gasteiger partial charge in [0, 0.05) is 13.1 Å². The number of hydrogen-bond donors (Lipinski definition) is 3. The Labute approximate surface area is 107 Å². The van der Waals surface area contributed by atoms with Crippen LogP contribution in [0.25, 0.3) is 0 Å². The Balaban J connectivity index is 2.15. The summed E-state index contributed by atoms with van der Waals surface area (Å²) < 4.78 is 21.2. The van der Waals surface area contributed by atoms with Gasteiger partial charge in [0.25, 0.3) is 0 Å². The minimum atomic E-state index is -3.47. The van der Waals surface area contributed by atoms with Crippen LogP contribution in [0, 0.1) is 0 Å². The summed E-state index contributed by atoms with van der Waals surface area (Å²) in [7, 11) is -3.47. The molecule has 0 radical (unpaired) electrons. The Bertz CT molecular complexity index is 474. The third-order valence-electron chi connectivity index (χ3n) is 2.18. The van der Waals surface area contributed by atoms with E-state index in [-0.39, 0.29) is 24.7 Å². The van der Waals surface area contributed by atoms with Crippen molar-refractivity contribution in [1.82, 2.24) is 10.6 Å². The molecule has 0 aliphatic heterocycles. The summed E-state index contributed by atoms with van der Waals surface area (Å²) >= 11 is 0. The second-order valence-electron chi connectivity index (χ2n) is 3.81. The second kappa shape index (κ2) is 7.10. The molecular formula is C11H17N3O3S. The summed E-state index contributed by atoms with van der Waals surface area (Å²) in [6, 6.07) is 9.52. The Hall–Kier alpha value is -1.44. The molecule has 0 fully saturated rings. The highest BCUT2D eigenvalue weighted by atomic mass is 32.2. The van der Waals surface area contributed by atoms with Crippen molar-refractivity contribution >= 4 is 15.9 Å². The zero-order chi connectivity index (χ0) is 13.4. The van der Waals surface area contributed by atoms with Crippen LogP contribution in [0.15, 0.2) is 30.3 Å². The van der Waals surface area contributed by atoms with E-state index in [9.17, 15) is 13.2 Å². The molecule has 1 rings (SSSR count). The lowest BCUT2D eigenvalue weighted by Crippen LogP contribution is -2.36. The Morgan fingerprint density at radius 1 is 1.22 bits per heavy atom. The average molecular weight is 271 g/mol. The molecule has 0 spiro atoms. The van der Waals surface area contributed by atoms with Crippen molar-refractivity contribution in [3.8, 4) is 0 Å². The van der Waals surface area contributed by atoms with Crippen LogP contribution >= 0.6 is 0 Å². The molecule has 100 valence electrons. The first-order valence-corrected chi connectivity index (χ1v) is 7.21. The molecule has 0 unspecified atom stereocenters. The molecule has 0 atom stereocenters. The van der Waals surface area contributed by atoms with Gasteiger partial charge in [0.05, 0.1) is 12.3 Å². The Morgan fingerprint density at radius 2 is 1.89 bits per heavy atom. The molecule has 0 saturated carbocycles. The monoisotopic (exact) mass is 271 g/mol. The van der Waals surface area contributed by atoms with E-state index < -0.39 is 10.0 Å². The van der Waals surface area contributed by atoms with E-state index in [0.29, 0.717) is 6.54 Å². The number of carbonyl (C=O) groups is 1. The molecule has 1 aromatic carbocycles. The number of nitrogens with one attached hydrogen (secondary N) is 2. The average Bonchev–Trinajstić information content (AvgIpc) is 2.32. The first-order valence-electron chi connectivity index (χ1n) is 5.49. The van der Waals surface area contributed by atoms with E-state index in [1.54, 1.807) is 0 Å². The minimum absolute atomic E-state index is 0.0718. The van der Waals surface area contributed by atoms with Crippen LogP contribution in [-0.2, 0) is 21.4 Å². The Morgan fingerprint density at radius 3 is 2.50 bits per heavy atom. The third kappa shape index (κ3) is 7.00. The summed E-state index contributed by atoms with van der Waals surface area (Å²) in [5.74, 6) is -0.368. The van der Waals surface area contributed by atoms with Gasteiger partial charge in [0.15, 0.2) is 0 Å². The maximum atomic E-state index is 11.4. The van der Waals surface area contributed by atoms with Crippen molar-refractivity contribution in [3.63, 3.8) is 0 Å². The number of sulfonamides is 1. The number of primary sulfonamides is 1. The van der Waals surface area contributed by atoms with Crippen LogP contribution in [0.1, 0.15) is 5.56 Å². The maximum Gasteiger partial charge on any atom is 0.234 e. The van der Waals surface area contributed by atoms with Gasteiger partial charge >= 0.3 is 0 Å². The fraction of sp³-hybridized carbons (Fsp3) is 0.364. The quantitative estimate of drug-likeness (QED) is 0.564. The molecule has 0 aliphatic rings. The molecule has 0 aromatic heterocycles. The number of benzene rings is 1. The second-order valence-corrected chi connectivity index (χ2v) is 5.54. The zero-order valence-corrected chi connectivity index (χ0v) is 10.7. The van der Waals surface area contributed by atoms with E-state index in [0.717, 1.165) is 5.56 Å². The summed E-state index contributed by atoms with van der Waals surface area (Å²) in [4.78, 5) is 11.4. The van der Waals surface area contributed by atoms with Crippen LogP contribution in [0.4, 0.5) is 0 Å². The smallest absolute Gasteiger partial charge is 0.234 e. The van der Waals surface area contributed by atoms with Crippen molar-refractivity contribution in [2.24, 2.45) is 5.14 Å². The molecule has 4 N–H and O–H groups in total. The van der Waals surface area contributed by atoms with Crippen molar-refractivity contribution in [2.45, 2.75) is 6.54 Å². The lowest BCUT2D eigenvalue weighted by Gasteiger charge is -2.06. The first kappa shape index (κ1) is 14.6. The molecule has 0 bridgehead atoms. The van der Waals surface area contributed by atoms with Gasteiger partial charge in [0.2, 0.25) is 15.9 Å². The SMILES string of the molecule is NS(=O)(=O)CCNCC(=O)NCc1ccccc1. The number of rotatable bonds is 7. The van der Waals surface area contributed by atoms with Crippen molar-refractivity contribution in [2.75, 3.05) is 18.8 Å². The molecular weight excluding hydrogens is 254 g/mol. The van der Waals surface area contributed by atoms with Crippen molar-refractivity contribution < 1.29 is 13.2 Å². The maximum absolute atomic E-state index is 11.4. The predicted octanol–water partition coefficient (Wildman–Crippen LogP) is -0.819. The first-order chi connectivity index (χ1) is 8.47. The van der Waals surface area contributed by atoms with Gasteiger partial charge in [-0.15, -0.1) is 0 Å².